The van der Waals surface area contributed by atoms with E-state index in [-0.39, 0.29) is 28.6 Å². The number of pyridine rings is 1. The highest BCUT2D eigenvalue weighted by Crippen LogP contribution is 2.22. The second-order valence-electron chi connectivity index (χ2n) is 7.12. The van der Waals surface area contributed by atoms with Crippen molar-refractivity contribution in [2.75, 3.05) is 11.9 Å². The van der Waals surface area contributed by atoms with Crippen molar-refractivity contribution in [3.05, 3.63) is 88.4 Å². The van der Waals surface area contributed by atoms with Gasteiger partial charge in [0.15, 0.2) is 5.11 Å². The molecule has 2 N–H and O–H groups in total. The van der Waals surface area contributed by atoms with Crippen LogP contribution < -0.4 is 16.2 Å². The fourth-order valence-corrected chi connectivity index (χ4v) is 3.49. The second-order valence-corrected chi connectivity index (χ2v) is 7.51. The molecule has 1 saturated heterocycles. The lowest BCUT2D eigenvalue weighted by Gasteiger charge is -2.27. The van der Waals surface area contributed by atoms with Gasteiger partial charge in [-0.1, -0.05) is 29.8 Å². The zero-order valence-electron chi connectivity index (χ0n) is 17.2. The minimum Gasteiger partial charge on any atom is -0.339 e. The molecular weight excluding hydrogens is 426 g/mol. The van der Waals surface area contributed by atoms with E-state index in [1.54, 1.807) is 24.4 Å². The molecule has 0 unspecified atom stereocenters. The smallest absolute Gasteiger partial charge is 0.267 e. The molecular formula is C23H19N5O3S. The van der Waals surface area contributed by atoms with Gasteiger partial charge in [-0.05, 0) is 49.5 Å². The molecule has 32 heavy (non-hydrogen) atoms. The van der Waals surface area contributed by atoms with E-state index >= 15 is 0 Å². The van der Waals surface area contributed by atoms with E-state index in [0.29, 0.717) is 11.3 Å². The van der Waals surface area contributed by atoms with Crippen molar-refractivity contribution < 1.29 is 9.59 Å². The van der Waals surface area contributed by atoms with Gasteiger partial charge in [0.2, 0.25) is 0 Å². The average molecular weight is 446 g/mol. The molecule has 0 bridgehead atoms. The maximum absolute atomic E-state index is 13.3. The number of fused-ring (bicyclic) bond motifs is 1. The fourth-order valence-electron chi connectivity index (χ4n) is 3.23. The Kier molecular flexibility index (Phi) is 5.65. The molecule has 1 aliphatic heterocycles. The maximum Gasteiger partial charge on any atom is 0.267 e. The molecule has 8 nitrogen and oxygen atoms in total. The lowest BCUT2D eigenvalue weighted by Crippen LogP contribution is -2.53. The number of thiocarbonyl (C=S) groups is 1. The Morgan fingerprint density at radius 2 is 1.91 bits per heavy atom. The van der Waals surface area contributed by atoms with Crippen LogP contribution in [0.4, 0.5) is 11.5 Å². The predicted octanol–water partition coefficient (Wildman–Crippen LogP) is 2.56. The maximum atomic E-state index is 13.3. The van der Waals surface area contributed by atoms with Gasteiger partial charge in [-0.15, -0.1) is 6.58 Å². The monoisotopic (exact) mass is 445 g/mol. The van der Waals surface area contributed by atoms with Gasteiger partial charge >= 0.3 is 0 Å². The normalized spacial score (nSPS) is 15.2. The van der Waals surface area contributed by atoms with E-state index in [0.717, 1.165) is 5.56 Å². The number of carbonyl (C=O) groups is 2. The van der Waals surface area contributed by atoms with Gasteiger partial charge in [0, 0.05) is 18.4 Å². The van der Waals surface area contributed by atoms with E-state index in [1.165, 1.54) is 21.5 Å². The van der Waals surface area contributed by atoms with Crippen LogP contribution in [0.1, 0.15) is 11.1 Å². The third kappa shape index (κ3) is 3.93. The topological polar surface area (TPSA) is 95.8 Å². The van der Waals surface area contributed by atoms with Crippen LogP contribution in [0.15, 0.2) is 71.7 Å². The molecule has 0 saturated carbocycles. The number of anilines is 2. The summed E-state index contributed by atoms with van der Waals surface area (Å²) in [5, 5.41) is 5.60. The van der Waals surface area contributed by atoms with Crippen molar-refractivity contribution in [3.8, 4) is 0 Å². The summed E-state index contributed by atoms with van der Waals surface area (Å²) in [4.78, 5) is 44.5. The molecule has 9 heteroatoms. The Labute approximate surface area is 188 Å². The average Bonchev–Trinajstić information content (AvgIpc) is 2.77. The number of aryl methyl sites for hydroxylation is 1. The SMILES string of the molecule is C=CCN1C(=O)C(=Cc2c(Nc3ccc(C)cc3)nc3ccccn3c2=O)C(=O)NC1=S. The zero-order valence-corrected chi connectivity index (χ0v) is 18.0. The van der Waals surface area contributed by atoms with Crippen LogP contribution in [-0.2, 0) is 9.59 Å². The number of aromatic nitrogens is 2. The molecule has 1 aliphatic rings. The molecule has 0 aliphatic carbocycles. The Morgan fingerprint density at radius 3 is 2.62 bits per heavy atom. The zero-order chi connectivity index (χ0) is 22.8. The molecule has 0 radical (unpaired) electrons. The van der Waals surface area contributed by atoms with Gasteiger partial charge in [0.25, 0.3) is 17.4 Å². The summed E-state index contributed by atoms with van der Waals surface area (Å²) in [6, 6.07) is 12.7. The van der Waals surface area contributed by atoms with Crippen molar-refractivity contribution in [2.45, 2.75) is 6.92 Å². The van der Waals surface area contributed by atoms with Crippen molar-refractivity contribution in [1.82, 2.24) is 19.6 Å². The van der Waals surface area contributed by atoms with Gasteiger partial charge in [-0.25, -0.2) is 4.98 Å². The third-order valence-electron chi connectivity index (χ3n) is 4.87. The molecule has 1 aromatic carbocycles. The van der Waals surface area contributed by atoms with Gasteiger partial charge in [-0.3, -0.25) is 29.0 Å². The number of amides is 2. The van der Waals surface area contributed by atoms with E-state index in [9.17, 15) is 14.4 Å². The molecule has 3 heterocycles. The number of hydrogen-bond acceptors (Lipinski definition) is 6. The van der Waals surface area contributed by atoms with Gasteiger partial charge in [0.05, 0.1) is 5.56 Å². The van der Waals surface area contributed by atoms with Crippen LogP contribution in [0.5, 0.6) is 0 Å². The number of nitrogens with one attached hydrogen (secondary N) is 2. The molecule has 1 fully saturated rings. The summed E-state index contributed by atoms with van der Waals surface area (Å²) < 4.78 is 1.35. The van der Waals surface area contributed by atoms with Crippen molar-refractivity contribution in [2.24, 2.45) is 0 Å². The molecule has 160 valence electrons. The number of rotatable bonds is 5. The highest BCUT2D eigenvalue weighted by molar-refractivity contribution is 7.80. The van der Waals surface area contributed by atoms with Gasteiger partial charge < -0.3 is 5.32 Å². The van der Waals surface area contributed by atoms with Gasteiger partial charge in [-0.2, -0.15) is 0 Å². The first-order valence-corrected chi connectivity index (χ1v) is 10.1. The summed E-state index contributed by atoms with van der Waals surface area (Å²) in [6.45, 7) is 5.70. The summed E-state index contributed by atoms with van der Waals surface area (Å²) in [5.41, 5.74) is 1.62. The van der Waals surface area contributed by atoms with Crippen LogP contribution in [0, 0.1) is 6.92 Å². The number of carbonyl (C=O) groups excluding carboxylic acids is 2. The van der Waals surface area contributed by atoms with Crippen LogP contribution >= 0.6 is 12.2 Å². The highest BCUT2D eigenvalue weighted by Gasteiger charge is 2.33. The summed E-state index contributed by atoms with van der Waals surface area (Å²) in [7, 11) is 0. The summed E-state index contributed by atoms with van der Waals surface area (Å²) in [6.07, 6.45) is 4.32. The highest BCUT2D eigenvalue weighted by atomic mass is 32.1. The Morgan fingerprint density at radius 1 is 1.16 bits per heavy atom. The number of benzene rings is 1. The third-order valence-corrected chi connectivity index (χ3v) is 5.19. The quantitative estimate of drug-likeness (QED) is 0.271. The Hall–Kier alpha value is -4.11. The van der Waals surface area contributed by atoms with Crippen molar-refractivity contribution >= 4 is 52.4 Å². The Bertz CT molecular complexity index is 1360. The standard InChI is InChI=1S/C23H19N5O3S/c1-3-11-28-22(31)17(20(29)26-23(28)32)13-16-19(24-15-9-7-14(2)8-10-15)25-18-6-4-5-12-27(18)21(16)30/h3-10,12-13,24H,1,11H2,2H3,(H,26,29,32). The molecule has 2 aromatic heterocycles. The second kappa shape index (κ2) is 8.56. The summed E-state index contributed by atoms with van der Waals surface area (Å²) >= 11 is 5.08. The van der Waals surface area contributed by atoms with Crippen LogP contribution in [-0.4, -0.2) is 37.8 Å². The van der Waals surface area contributed by atoms with Crippen molar-refractivity contribution in [1.29, 1.82) is 0 Å². The van der Waals surface area contributed by atoms with E-state index in [1.807, 2.05) is 31.2 Å². The first-order valence-electron chi connectivity index (χ1n) is 9.74. The molecule has 2 amide bonds. The minimum absolute atomic E-state index is 0.0107. The molecule has 4 rings (SSSR count). The van der Waals surface area contributed by atoms with Crippen molar-refractivity contribution in [3.63, 3.8) is 0 Å². The van der Waals surface area contributed by atoms with Crippen LogP contribution in [0.25, 0.3) is 11.7 Å². The van der Waals surface area contributed by atoms with Crippen LogP contribution in [0.3, 0.4) is 0 Å². The van der Waals surface area contributed by atoms with E-state index in [4.69, 9.17) is 12.2 Å². The first-order chi connectivity index (χ1) is 15.4. The number of hydrogen-bond donors (Lipinski definition) is 2. The first kappa shape index (κ1) is 21.1. The molecule has 0 atom stereocenters. The lowest BCUT2D eigenvalue weighted by atomic mass is 10.1. The minimum atomic E-state index is -0.681. The molecule has 3 aromatic rings. The van der Waals surface area contributed by atoms with Gasteiger partial charge in [0.1, 0.15) is 17.0 Å². The van der Waals surface area contributed by atoms with Crippen LogP contribution in [0.2, 0.25) is 0 Å². The lowest BCUT2D eigenvalue weighted by molar-refractivity contribution is -0.128. The van der Waals surface area contributed by atoms with E-state index in [2.05, 4.69) is 22.2 Å². The molecule has 0 spiro atoms. The fraction of sp³-hybridized carbons (Fsp3) is 0.0870. The summed E-state index contributed by atoms with van der Waals surface area (Å²) in [5.74, 6) is -1.07. The predicted molar refractivity (Wildman–Crippen MR) is 127 cm³/mol. The Balaban J connectivity index is 1.89. The number of nitrogens with zero attached hydrogens (tertiary/aromatic N) is 3. The largest absolute Gasteiger partial charge is 0.339 e. The van der Waals surface area contributed by atoms with E-state index < -0.39 is 17.4 Å².